The predicted molar refractivity (Wildman–Crippen MR) is 95.9 cm³/mol. The number of thioether (sulfide) groups is 1. The first-order valence-electron chi connectivity index (χ1n) is 8.42. The van der Waals surface area contributed by atoms with Crippen molar-refractivity contribution in [3.05, 3.63) is 0 Å². The molecule has 8 nitrogen and oxygen atoms in total. The van der Waals surface area contributed by atoms with Crippen LogP contribution in [-0.4, -0.2) is 64.2 Å². The summed E-state index contributed by atoms with van der Waals surface area (Å²) in [6.07, 6.45) is -0.600. The summed E-state index contributed by atoms with van der Waals surface area (Å²) in [6, 6.07) is -1.01. The fourth-order valence-corrected chi connectivity index (χ4v) is 4.30. The maximum atomic E-state index is 12.8. The summed E-state index contributed by atoms with van der Waals surface area (Å²) in [5.74, 6) is 0.0255. The molecule has 1 spiro atoms. The number of nitrogens with two attached hydrogens (primary N) is 1. The van der Waals surface area contributed by atoms with Crippen LogP contribution in [0, 0.1) is 5.92 Å². The molecule has 0 aliphatic carbocycles. The van der Waals surface area contributed by atoms with Crippen molar-refractivity contribution >= 4 is 29.7 Å². The van der Waals surface area contributed by atoms with Crippen LogP contribution < -0.4 is 16.4 Å². The normalized spacial score (nSPS) is 23.3. The topological polar surface area (TPSA) is 114 Å². The molecule has 2 aliphatic heterocycles. The molecule has 2 aliphatic rings. The second kappa shape index (κ2) is 7.03. The average molecular weight is 372 g/mol. The predicted octanol–water partition coefficient (Wildman–Crippen LogP) is 0.265. The van der Waals surface area contributed by atoms with Gasteiger partial charge in [0.1, 0.15) is 16.5 Å². The Labute approximate surface area is 152 Å². The number of likely N-dealkylation sites (tertiary alicyclic amines) is 1. The molecular weight excluding hydrogens is 344 g/mol. The van der Waals surface area contributed by atoms with Gasteiger partial charge in [-0.25, -0.2) is 4.79 Å². The molecule has 2 saturated heterocycles. The lowest BCUT2D eigenvalue weighted by Gasteiger charge is -2.48. The van der Waals surface area contributed by atoms with Crippen LogP contribution in [0.3, 0.4) is 0 Å². The van der Waals surface area contributed by atoms with Crippen molar-refractivity contribution in [2.45, 2.75) is 57.2 Å². The third-order valence-corrected chi connectivity index (χ3v) is 5.54. The number of amides is 3. The van der Waals surface area contributed by atoms with Crippen molar-refractivity contribution in [2.24, 2.45) is 11.7 Å². The number of ether oxygens (including phenoxy) is 1. The van der Waals surface area contributed by atoms with Crippen molar-refractivity contribution in [3.8, 4) is 0 Å². The lowest BCUT2D eigenvalue weighted by molar-refractivity contribution is -0.140. The van der Waals surface area contributed by atoms with Gasteiger partial charge in [0.15, 0.2) is 0 Å². The van der Waals surface area contributed by atoms with Gasteiger partial charge in [0.2, 0.25) is 11.8 Å². The number of nitrogens with one attached hydrogen (secondary N) is 2. The van der Waals surface area contributed by atoms with E-state index in [1.807, 2.05) is 13.8 Å². The zero-order chi connectivity index (χ0) is 19.0. The summed E-state index contributed by atoms with van der Waals surface area (Å²) < 4.78 is 5.25. The van der Waals surface area contributed by atoms with Gasteiger partial charge in [-0.1, -0.05) is 13.8 Å². The van der Waals surface area contributed by atoms with E-state index in [-0.39, 0.29) is 28.6 Å². The Kier molecular flexibility index (Phi) is 5.58. The number of primary amides is 1. The van der Waals surface area contributed by atoms with Crippen LogP contribution in [-0.2, 0) is 14.3 Å². The third-order valence-electron chi connectivity index (χ3n) is 4.12. The monoisotopic (exact) mass is 372 g/mol. The van der Waals surface area contributed by atoms with Gasteiger partial charge in [-0.15, -0.1) is 11.8 Å². The van der Waals surface area contributed by atoms with E-state index < -0.39 is 17.7 Å². The number of nitrogens with zero attached hydrogens (tertiary/aromatic N) is 1. The molecule has 0 aromatic heterocycles. The van der Waals surface area contributed by atoms with Crippen LogP contribution in [0.2, 0.25) is 0 Å². The lowest BCUT2D eigenvalue weighted by Crippen LogP contribution is -2.70. The summed E-state index contributed by atoms with van der Waals surface area (Å²) in [6.45, 7) is 10.0. The maximum Gasteiger partial charge on any atom is 0.408 e. The minimum absolute atomic E-state index is 0.0703. The second-order valence-electron chi connectivity index (χ2n) is 7.97. The largest absolute Gasteiger partial charge is 0.444 e. The van der Waals surface area contributed by atoms with E-state index in [1.165, 1.54) is 0 Å². The van der Waals surface area contributed by atoms with Crippen molar-refractivity contribution in [3.63, 3.8) is 0 Å². The highest BCUT2D eigenvalue weighted by Gasteiger charge is 2.52. The van der Waals surface area contributed by atoms with Crippen LogP contribution >= 0.6 is 11.8 Å². The van der Waals surface area contributed by atoms with Gasteiger partial charge in [0.25, 0.3) is 0 Å². The number of hydrogen-bond donors (Lipinski definition) is 3. The van der Waals surface area contributed by atoms with E-state index in [0.717, 1.165) is 0 Å². The average Bonchev–Trinajstić information content (AvgIpc) is 2.85. The van der Waals surface area contributed by atoms with E-state index in [9.17, 15) is 14.4 Å². The highest BCUT2D eigenvalue weighted by Crippen LogP contribution is 2.38. The summed E-state index contributed by atoms with van der Waals surface area (Å²) in [5, 5.41) is 5.88. The minimum Gasteiger partial charge on any atom is -0.444 e. The van der Waals surface area contributed by atoms with Gasteiger partial charge in [0.05, 0.1) is 19.1 Å². The van der Waals surface area contributed by atoms with Crippen molar-refractivity contribution in [2.75, 3.05) is 18.8 Å². The molecule has 0 radical (unpaired) electrons. The maximum absolute atomic E-state index is 12.8. The molecule has 2 rings (SSSR count). The first-order valence-corrected chi connectivity index (χ1v) is 9.40. The van der Waals surface area contributed by atoms with Crippen molar-refractivity contribution < 1.29 is 19.1 Å². The molecule has 0 saturated carbocycles. The molecule has 0 unspecified atom stereocenters. The first kappa shape index (κ1) is 19.8. The summed E-state index contributed by atoms with van der Waals surface area (Å²) in [4.78, 5) is 37.4. The molecule has 0 aromatic carbocycles. The molecule has 25 heavy (non-hydrogen) atoms. The van der Waals surface area contributed by atoms with Gasteiger partial charge in [-0.2, -0.15) is 0 Å². The Hall–Kier alpha value is -1.48. The van der Waals surface area contributed by atoms with Crippen molar-refractivity contribution in [1.29, 1.82) is 0 Å². The molecule has 9 heteroatoms. The van der Waals surface area contributed by atoms with Gasteiger partial charge < -0.3 is 20.7 Å². The van der Waals surface area contributed by atoms with Gasteiger partial charge in [-0.05, 0) is 26.7 Å². The number of carbonyl (C=O) groups is 3. The highest BCUT2D eigenvalue weighted by molar-refractivity contribution is 8.01. The van der Waals surface area contributed by atoms with Gasteiger partial charge in [-0.3, -0.25) is 14.9 Å². The quantitative estimate of drug-likeness (QED) is 0.652. The molecule has 2 heterocycles. The number of hydrogen-bond acceptors (Lipinski definition) is 6. The van der Waals surface area contributed by atoms with Crippen LogP contribution in [0.1, 0.15) is 34.6 Å². The Bertz CT molecular complexity index is 555. The standard InChI is InChI=1S/C16H28N4O4S/c1-9(2)11(18-14(23)24-15(3,4)5)13(22)20-7-16(8-20)19-10(6-25-16)12(17)21/h9-11,19H,6-8H2,1-5H3,(H2,17,21)(H,18,23)/t10-,11-/m0/s1. The van der Waals surface area contributed by atoms with Crippen molar-refractivity contribution in [1.82, 2.24) is 15.5 Å². The molecule has 4 N–H and O–H groups in total. The zero-order valence-corrected chi connectivity index (χ0v) is 16.2. The number of alkyl carbamates (subject to hydrolysis) is 1. The molecule has 0 bridgehead atoms. The van der Waals surface area contributed by atoms with E-state index in [1.54, 1.807) is 37.4 Å². The molecule has 2 atom stereocenters. The zero-order valence-electron chi connectivity index (χ0n) is 15.4. The Balaban J connectivity index is 1.92. The SMILES string of the molecule is CC(C)[C@H](NC(=O)OC(C)(C)C)C(=O)N1CC2(C1)N[C@H](C(N)=O)CS2. The summed E-state index contributed by atoms with van der Waals surface area (Å²) in [5.41, 5.74) is 4.71. The van der Waals surface area contributed by atoms with Gasteiger partial charge in [0, 0.05) is 5.75 Å². The molecular formula is C16H28N4O4S. The molecule has 3 amide bonds. The van der Waals surface area contributed by atoms with Crippen LogP contribution in [0.4, 0.5) is 4.79 Å². The van der Waals surface area contributed by atoms with E-state index in [4.69, 9.17) is 10.5 Å². The Morgan fingerprint density at radius 2 is 1.92 bits per heavy atom. The van der Waals surface area contributed by atoms with E-state index in [2.05, 4.69) is 10.6 Å². The fraction of sp³-hybridized carbons (Fsp3) is 0.812. The summed E-state index contributed by atoms with van der Waals surface area (Å²) in [7, 11) is 0. The first-order chi connectivity index (χ1) is 11.4. The smallest absolute Gasteiger partial charge is 0.408 e. The van der Waals surface area contributed by atoms with Gasteiger partial charge >= 0.3 is 6.09 Å². The molecule has 2 fully saturated rings. The summed E-state index contributed by atoms with van der Waals surface area (Å²) >= 11 is 1.61. The number of rotatable bonds is 4. The molecule has 142 valence electrons. The van der Waals surface area contributed by atoms with Crippen LogP contribution in [0.5, 0.6) is 0 Å². The van der Waals surface area contributed by atoms with Crippen LogP contribution in [0.25, 0.3) is 0 Å². The van der Waals surface area contributed by atoms with E-state index in [0.29, 0.717) is 18.8 Å². The van der Waals surface area contributed by atoms with Crippen LogP contribution in [0.15, 0.2) is 0 Å². The molecule has 0 aromatic rings. The Morgan fingerprint density at radius 1 is 1.32 bits per heavy atom. The second-order valence-corrected chi connectivity index (χ2v) is 9.37. The lowest BCUT2D eigenvalue weighted by atomic mass is 9.99. The highest BCUT2D eigenvalue weighted by atomic mass is 32.2. The number of carbonyl (C=O) groups excluding carboxylic acids is 3. The minimum atomic E-state index is -0.648. The van der Waals surface area contributed by atoms with E-state index >= 15 is 0 Å². The fourth-order valence-electron chi connectivity index (χ4n) is 2.85. The third kappa shape index (κ3) is 4.78. The Morgan fingerprint density at radius 3 is 2.36 bits per heavy atom.